The van der Waals surface area contributed by atoms with Crippen LogP contribution in [0.3, 0.4) is 0 Å². The molecule has 0 spiro atoms. The van der Waals surface area contributed by atoms with E-state index in [4.69, 9.17) is 9.84 Å². The van der Waals surface area contributed by atoms with Crippen molar-refractivity contribution in [3.8, 4) is 0 Å². The number of nitrogens with zero attached hydrogens (tertiary/aromatic N) is 1. The van der Waals surface area contributed by atoms with Crippen LogP contribution in [0.25, 0.3) is 0 Å². The molecule has 1 aliphatic rings. The highest BCUT2D eigenvalue weighted by Crippen LogP contribution is 2.20. The fraction of sp³-hybridized carbons (Fsp3) is 0.364. The third-order valence-corrected chi connectivity index (χ3v) is 2.90. The number of hydrazine groups is 1. The summed E-state index contributed by atoms with van der Waals surface area (Å²) >= 11 is 3.30. The van der Waals surface area contributed by atoms with E-state index in [1.165, 1.54) is 0 Å². The van der Waals surface area contributed by atoms with Crippen LogP contribution in [0, 0.1) is 0 Å². The molecule has 2 N–H and O–H groups in total. The molecule has 0 bridgehead atoms. The quantitative estimate of drug-likeness (QED) is 0.891. The van der Waals surface area contributed by atoms with E-state index >= 15 is 0 Å². The molecular weight excluding hydrogens is 288 g/mol. The number of morpholine rings is 1. The van der Waals surface area contributed by atoms with Gasteiger partial charge in [-0.3, -0.25) is 0 Å². The summed E-state index contributed by atoms with van der Waals surface area (Å²) in [4.78, 5) is 10.9. The molecule has 0 radical (unpaired) electrons. The zero-order chi connectivity index (χ0) is 12.3. The van der Waals surface area contributed by atoms with Gasteiger partial charge in [0.25, 0.3) is 0 Å². The first-order valence-corrected chi connectivity index (χ1v) is 6.08. The van der Waals surface area contributed by atoms with Gasteiger partial charge in [-0.25, -0.2) is 9.80 Å². The van der Waals surface area contributed by atoms with Crippen LogP contribution < -0.4 is 5.43 Å². The molecule has 0 unspecified atom stereocenters. The number of nitrogens with one attached hydrogen (secondary N) is 1. The predicted molar refractivity (Wildman–Crippen MR) is 67.1 cm³/mol. The number of rotatable bonds is 3. The third kappa shape index (κ3) is 3.42. The van der Waals surface area contributed by atoms with Gasteiger partial charge in [-0.1, -0.05) is 15.9 Å². The Hall–Kier alpha value is -1.11. The first-order valence-electron chi connectivity index (χ1n) is 5.28. The van der Waals surface area contributed by atoms with Crippen molar-refractivity contribution in [2.75, 3.05) is 31.7 Å². The van der Waals surface area contributed by atoms with Crippen molar-refractivity contribution in [1.29, 1.82) is 0 Å². The standard InChI is InChI=1S/C11H13BrN2O3/c12-9-5-8(11(15)16)6-10(7-9)13-14-1-3-17-4-2-14/h5-7,13H,1-4H2,(H,15,16). The van der Waals surface area contributed by atoms with Gasteiger partial charge in [0.15, 0.2) is 0 Å². The summed E-state index contributed by atoms with van der Waals surface area (Å²) in [6, 6.07) is 5.04. The van der Waals surface area contributed by atoms with Crippen molar-refractivity contribution >= 4 is 27.6 Å². The fourth-order valence-electron chi connectivity index (χ4n) is 1.64. The lowest BCUT2D eigenvalue weighted by atomic mass is 10.2. The van der Waals surface area contributed by atoms with E-state index in [0.717, 1.165) is 23.2 Å². The Kier molecular flexibility index (Phi) is 3.98. The number of aromatic carboxylic acids is 1. The number of carboxylic acids is 1. The summed E-state index contributed by atoms with van der Waals surface area (Å²) in [5.74, 6) is -0.934. The second-order valence-electron chi connectivity index (χ2n) is 3.74. The molecule has 1 saturated heterocycles. The summed E-state index contributed by atoms with van der Waals surface area (Å²) in [5.41, 5.74) is 4.20. The van der Waals surface area contributed by atoms with Gasteiger partial charge in [0.2, 0.25) is 0 Å². The van der Waals surface area contributed by atoms with Gasteiger partial charge < -0.3 is 15.3 Å². The second-order valence-corrected chi connectivity index (χ2v) is 4.66. The number of hydrogen-bond donors (Lipinski definition) is 2. The average molecular weight is 301 g/mol. The molecule has 6 heteroatoms. The number of ether oxygens (including phenoxy) is 1. The Labute approximate surface area is 107 Å². The molecule has 92 valence electrons. The van der Waals surface area contributed by atoms with E-state index in [-0.39, 0.29) is 5.56 Å². The third-order valence-electron chi connectivity index (χ3n) is 2.44. The molecule has 0 atom stereocenters. The lowest BCUT2D eigenvalue weighted by Crippen LogP contribution is -2.40. The summed E-state index contributed by atoms with van der Waals surface area (Å²) in [7, 11) is 0. The van der Waals surface area contributed by atoms with Crippen molar-refractivity contribution < 1.29 is 14.6 Å². The maximum absolute atomic E-state index is 10.9. The van der Waals surface area contributed by atoms with Crippen molar-refractivity contribution in [3.63, 3.8) is 0 Å². The van der Waals surface area contributed by atoms with Crippen LogP contribution >= 0.6 is 15.9 Å². The Morgan fingerprint density at radius 3 is 2.71 bits per heavy atom. The number of hydrogen-bond acceptors (Lipinski definition) is 4. The summed E-state index contributed by atoms with van der Waals surface area (Å²) < 4.78 is 5.98. The summed E-state index contributed by atoms with van der Waals surface area (Å²) in [5, 5.41) is 11.0. The first-order chi connectivity index (χ1) is 8.15. The van der Waals surface area contributed by atoms with Crippen LogP contribution in [0.2, 0.25) is 0 Å². The lowest BCUT2D eigenvalue weighted by molar-refractivity contribution is 0.0496. The van der Waals surface area contributed by atoms with E-state index < -0.39 is 5.97 Å². The van der Waals surface area contributed by atoms with Crippen LogP contribution in [-0.2, 0) is 4.74 Å². The molecule has 1 aromatic rings. The lowest BCUT2D eigenvalue weighted by Gasteiger charge is -2.28. The summed E-state index contributed by atoms with van der Waals surface area (Å²) in [6.07, 6.45) is 0. The highest BCUT2D eigenvalue weighted by Gasteiger charge is 2.11. The zero-order valence-corrected chi connectivity index (χ0v) is 10.7. The van der Waals surface area contributed by atoms with E-state index in [0.29, 0.717) is 13.2 Å². The Balaban J connectivity index is 2.11. The van der Waals surface area contributed by atoms with E-state index in [2.05, 4.69) is 21.4 Å². The fourth-order valence-corrected chi connectivity index (χ4v) is 2.13. The normalized spacial score (nSPS) is 16.8. The molecular formula is C11H13BrN2O3. The minimum absolute atomic E-state index is 0.259. The molecule has 0 aliphatic carbocycles. The van der Waals surface area contributed by atoms with Crippen LogP contribution in [0.4, 0.5) is 5.69 Å². The number of carbonyl (C=O) groups is 1. The minimum Gasteiger partial charge on any atom is -0.478 e. The number of carboxylic acid groups (broad SMARTS) is 1. The molecule has 1 aromatic carbocycles. The van der Waals surface area contributed by atoms with Crippen molar-refractivity contribution in [3.05, 3.63) is 28.2 Å². The van der Waals surface area contributed by atoms with Crippen molar-refractivity contribution in [2.24, 2.45) is 0 Å². The Morgan fingerprint density at radius 2 is 2.06 bits per heavy atom. The van der Waals surface area contributed by atoms with Gasteiger partial charge in [-0.2, -0.15) is 0 Å². The maximum atomic E-state index is 10.9. The van der Waals surface area contributed by atoms with E-state index in [9.17, 15) is 4.79 Å². The van der Waals surface area contributed by atoms with Crippen LogP contribution in [0.1, 0.15) is 10.4 Å². The molecule has 5 nitrogen and oxygen atoms in total. The number of halogens is 1. The Morgan fingerprint density at radius 1 is 1.35 bits per heavy atom. The minimum atomic E-state index is -0.934. The van der Waals surface area contributed by atoms with Crippen molar-refractivity contribution in [2.45, 2.75) is 0 Å². The highest BCUT2D eigenvalue weighted by atomic mass is 79.9. The SMILES string of the molecule is O=C(O)c1cc(Br)cc(NN2CCOCC2)c1. The Bertz CT molecular complexity index is 419. The largest absolute Gasteiger partial charge is 0.478 e. The van der Waals surface area contributed by atoms with Crippen LogP contribution in [0.15, 0.2) is 22.7 Å². The summed E-state index contributed by atoms with van der Waals surface area (Å²) in [6.45, 7) is 2.95. The van der Waals surface area contributed by atoms with Crippen molar-refractivity contribution in [1.82, 2.24) is 5.01 Å². The van der Waals surface area contributed by atoms with E-state index in [1.807, 2.05) is 11.1 Å². The molecule has 0 aromatic heterocycles. The van der Waals surface area contributed by atoms with Gasteiger partial charge in [0.05, 0.1) is 24.5 Å². The van der Waals surface area contributed by atoms with Gasteiger partial charge in [0.1, 0.15) is 0 Å². The van der Waals surface area contributed by atoms with Gasteiger partial charge in [-0.05, 0) is 18.2 Å². The highest BCUT2D eigenvalue weighted by molar-refractivity contribution is 9.10. The molecule has 1 fully saturated rings. The van der Waals surface area contributed by atoms with Gasteiger partial charge in [0, 0.05) is 17.6 Å². The molecule has 1 heterocycles. The monoisotopic (exact) mass is 300 g/mol. The molecule has 1 aliphatic heterocycles. The number of benzene rings is 1. The maximum Gasteiger partial charge on any atom is 0.335 e. The smallest absolute Gasteiger partial charge is 0.335 e. The molecule has 17 heavy (non-hydrogen) atoms. The van der Waals surface area contributed by atoms with Gasteiger partial charge >= 0.3 is 5.97 Å². The van der Waals surface area contributed by atoms with Crippen LogP contribution in [0.5, 0.6) is 0 Å². The second kappa shape index (κ2) is 5.48. The van der Waals surface area contributed by atoms with E-state index in [1.54, 1.807) is 12.1 Å². The molecule has 0 amide bonds. The zero-order valence-electron chi connectivity index (χ0n) is 9.15. The molecule has 2 rings (SSSR count). The predicted octanol–water partition coefficient (Wildman–Crippen LogP) is 1.81. The number of anilines is 1. The average Bonchev–Trinajstić information content (AvgIpc) is 2.29. The molecule has 0 saturated carbocycles. The topological polar surface area (TPSA) is 61.8 Å². The van der Waals surface area contributed by atoms with Gasteiger partial charge in [-0.15, -0.1) is 0 Å². The first kappa shape index (κ1) is 12.3. The van der Waals surface area contributed by atoms with Crippen LogP contribution in [-0.4, -0.2) is 42.4 Å².